The summed E-state index contributed by atoms with van der Waals surface area (Å²) in [6, 6.07) is 13.5. The number of halogens is 1. The Morgan fingerprint density at radius 2 is 1.78 bits per heavy atom. The molecule has 2 N–H and O–H groups in total. The van der Waals surface area contributed by atoms with Gasteiger partial charge in [0.2, 0.25) is 0 Å². The fourth-order valence-corrected chi connectivity index (χ4v) is 1.91. The Morgan fingerprint density at radius 1 is 1.06 bits per heavy atom. The Kier molecular flexibility index (Phi) is 4.30. The average molecular weight is 355 g/mol. The maximum atomic E-state index is 5.73. The first-order chi connectivity index (χ1) is 8.69. The first-order valence-corrected chi connectivity index (χ1v) is 6.57. The van der Waals surface area contributed by atoms with E-state index in [0.717, 1.165) is 5.56 Å². The number of anilines is 1. The van der Waals surface area contributed by atoms with E-state index in [1.165, 1.54) is 3.57 Å². The number of rotatable bonds is 4. The second-order valence-corrected chi connectivity index (χ2v) is 5.07. The van der Waals surface area contributed by atoms with E-state index in [1.54, 1.807) is 25.3 Å². The fraction of sp³-hybridized carbons (Fsp3) is 0.143. The predicted octanol–water partition coefficient (Wildman–Crippen LogP) is 3.46. The number of methoxy groups -OCH3 is 1. The monoisotopic (exact) mass is 355 g/mol. The van der Waals surface area contributed by atoms with E-state index in [9.17, 15) is 0 Å². The van der Waals surface area contributed by atoms with Crippen LogP contribution in [-0.4, -0.2) is 7.11 Å². The number of nitrogen functional groups attached to an aromatic ring is 1. The van der Waals surface area contributed by atoms with Crippen LogP contribution < -0.4 is 15.2 Å². The highest BCUT2D eigenvalue weighted by molar-refractivity contribution is 14.1. The van der Waals surface area contributed by atoms with Crippen LogP contribution in [0.4, 0.5) is 5.69 Å². The Morgan fingerprint density at radius 3 is 2.44 bits per heavy atom. The Bertz CT molecular complexity index is 526. The van der Waals surface area contributed by atoms with E-state index in [2.05, 4.69) is 34.7 Å². The highest BCUT2D eigenvalue weighted by atomic mass is 127. The summed E-state index contributed by atoms with van der Waals surface area (Å²) >= 11 is 2.27. The van der Waals surface area contributed by atoms with Gasteiger partial charge >= 0.3 is 0 Å². The molecule has 0 radical (unpaired) electrons. The van der Waals surface area contributed by atoms with Crippen LogP contribution in [0.25, 0.3) is 0 Å². The first-order valence-electron chi connectivity index (χ1n) is 5.50. The standard InChI is InChI=1S/C14H14INO2/c1-17-13-7-6-12(16)8-14(13)18-9-10-2-4-11(15)5-3-10/h2-8H,9,16H2,1H3. The first kappa shape index (κ1) is 13.0. The van der Waals surface area contributed by atoms with Crippen LogP contribution in [0, 0.1) is 3.57 Å². The van der Waals surface area contributed by atoms with Crippen molar-refractivity contribution in [2.75, 3.05) is 12.8 Å². The molecule has 0 aliphatic rings. The molecule has 0 saturated heterocycles. The summed E-state index contributed by atoms with van der Waals surface area (Å²) in [6.07, 6.45) is 0. The normalized spacial score (nSPS) is 10.1. The lowest BCUT2D eigenvalue weighted by molar-refractivity contribution is 0.284. The Labute approximate surface area is 120 Å². The summed E-state index contributed by atoms with van der Waals surface area (Å²) in [5.74, 6) is 1.35. The van der Waals surface area contributed by atoms with Gasteiger partial charge in [-0.3, -0.25) is 0 Å². The molecule has 0 fully saturated rings. The summed E-state index contributed by atoms with van der Waals surface area (Å²) < 4.78 is 12.2. The van der Waals surface area contributed by atoms with Crippen LogP contribution >= 0.6 is 22.6 Å². The number of hydrogen-bond donors (Lipinski definition) is 1. The van der Waals surface area contributed by atoms with Crippen molar-refractivity contribution in [3.63, 3.8) is 0 Å². The van der Waals surface area contributed by atoms with Crippen LogP contribution in [0.15, 0.2) is 42.5 Å². The fourth-order valence-electron chi connectivity index (χ4n) is 1.55. The number of benzene rings is 2. The van der Waals surface area contributed by atoms with Gasteiger partial charge in [-0.1, -0.05) is 12.1 Å². The lowest BCUT2D eigenvalue weighted by atomic mass is 10.2. The molecule has 2 aromatic carbocycles. The van der Waals surface area contributed by atoms with Crippen molar-refractivity contribution in [2.45, 2.75) is 6.61 Å². The SMILES string of the molecule is COc1ccc(N)cc1OCc1ccc(I)cc1. The molecule has 3 nitrogen and oxygen atoms in total. The molecule has 0 unspecified atom stereocenters. The third kappa shape index (κ3) is 3.29. The van der Waals surface area contributed by atoms with Crippen LogP contribution in [0.2, 0.25) is 0 Å². The predicted molar refractivity (Wildman–Crippen MR) is 80.9 cm³/mol. The third-order valence-corrected chi connectivity index (χ3v) is 3.21. The molecule has 0 bridgehead atoms. The molecule has 94 valence electrons. The van der Waals surface area contributed by atoms with E-state index in [-0.39, 0.29) is 0 Å². The van der Waals surface area contributed by atoms with E-state index < -0.39 is 0 Å². The lowest BCUT2D eigenvalue weighted by Gasteiger charge is -2.11. The van der Waals surface area contributed by atoms with E-state index in [4.69, 9.17) is 15.2 Å². The largest absolute Gasteiger partial charge is 0.493 e. The smallest absolute Gasteiger partial charge is 0.163 e. The van der Waals surface area contributed by atoms with Crippen molar-refractivity contribution in [1.29, 1.82) is 0 Å². The van der Waals surface area contributed by atoms with Crippen LogP contribution in [0.5, 0.6) is 11.5 Å². The molecule has 0 aromatic heterocycles. The van der Waals surface area contributed by atoms with Gasteiger partial charge in [0, 0.05) is 15.3 Å². The highest BCUT2D eigenvalue weighted by Gasteiger charge is 2.05. The van der Waals surface area contributed by atoms with Crippen LogP contribution in [0.1, 0.15) is 5.56 Å². The van der Waals surface area contributed by atoms with E-state index >= 15 is 0 Å². The number of nitrogens with two attached hydrogens (primary N) is 1. The van der Waals surface area contributed by atoms with Crippen molar-refractivity contribution < 1.29 is 9.47 Å². The Hall–Kier alpha value is -1.43. The summed E-state index contributed by atoms with van der Waals surface area (Å²) in [7, 11) is 1.61. The second-order valence-electron chi connectivity index (χ2n) is 3.83. The molecule has 0 atom stereocenters. The summed E-state index contributed by atoms with van der Waals surface area (Å²) in [6.45, 7) is 0.497. The van der Waals surface area contributed by atoms with Gasteiger partial charge in [-0.15, -0.1) is 0 Å². The van der Waals surface area contributed by atoms with Crippen molar-refractivity contribution >= 4 is 28.3 Å². The van der Waals surface area contributed by atoms with Gasteiger partial charge in [0.25, 0.3) is 0 Å². The number of hydrogen-bond acceptors (Lipinski definition) is 3. The van der Waals surface area contributed by atoms with E-state index in [1.807, 2.05) is 12.1 Å². The molecule has 0 amide bonds. The minimum atomic E-state index is 0.497. The lowest BCUT2D eigenvalue weighted by Crippen LogP contribution is -1.98. The molecule has 0 aliphatic heterocycles. The molecule has 0 aliphatic carbocycles. The summed E-state index contributed by atoms with van der Waals surface area (Å²) in [5.41, 5.74) is 7.51. The molecule has 4 heteroatoms. The minimum absolute atomic E-state index is 0.497. The topological polar surface area (TPSA) is 44.5 Å². The third-order valence-electron chi connectivity index (χ3n) is 2.50. The summed E-state index contributed by atoms with van der Waals surface area (Å²) in [5, 5.41) is 0. The second kappa shape index (κ2) is 5.95. The molecule has 0 saturated carbocycles. The summed E-state index contributed by atoms with van der Waals surface area (Å²) in [4.78, 5) is 0. The van der Waals surface area contributed by atoms with Crippen molar-refractivity contribution in [3.8, 4) is 11.5 Å². The minimum Gasteiger partial charge on any atom is -0.493 e. The van der Waals surface area contributed by atoms with Gasteiger partial charge in [0.1, 0.15) is 6.61 Å². The van der Waals surface area contributed by atoms with Crippen molar-refractivity contribution in [3.05, 3.63) is 51.6 Å². The molecule has 0 heterocycles. The molecule has 18 heavy (non-hydrogen) atoms. The molecule has 2 aromatic rings. The maximum absolute atomic E-state index is 5.73. The molecular formula is C14H14INO2. The van der Waals surface area contributed by atoms with Gasteiger partial charge in [0.05, 0.1) is 7.11 Å². The Balaban J connectivity index is 2.09. The maximum Gasteiger partial charge on any atom is 0.163 e. The highest BCUT2D eigenvalue weighted by Crippen LogP contribution is 2.29. The van der Waals surface area contributed by atoms with Crippen molar-refractivity contribution in [2.24, 2.45) is 0 Å². The molecule has 2 rings (SSSR count). The quantitative estimate of drug-likeness (QED) is 0.675. The van der Waals surface area contributed by atoms with E-state index in [0.29, 0.717) is 23.8 Å². The van der Waals surface area contributed by atoms with Gasteiger partial charge in [0.15, 0.2) is 11.5 Å². The zero-order valence-electron chi connectivity index (χ0n) is 10.0. The molecule has 0 spiro atoms. The van der Waals surface area contributed by atoms with Gasteiger partial charge in [-0.05, 0) is 52.4 Å². The van der Waals surface area contributed by atoms with Crippen LogP contribution in [0.3, 0.4) is 0 Å². The molecular weight excluding hydrogens is 341 g/mol. The average Bonchev–Trinajstić information content (AvgIpc) is 2.38. The van der Waals surface area contributed by atoms with Crippen molar-refractivity contribution in [1.82, 2.24) is 0 Å². The van der Waals surface area contributed by atoms with Gasteiger partial charge in [-0.25, -0.2) is 0 Å². The van der Waals surface area contributed by atoms with Gasteiger partial charge in [-0.2, -0.15) is 0 Å². The number of ether oxygens (including phenoxy) is 2. The zero-order valence-corrected chi connectivity index (χ0v) is 12.2. The van der Waals surface area contributed by atoms with Crippen LogP contribution in [-0.2, 0) is 6.61 Å². The zero-order chi connectivity index (χ0) is 13.0. The van der Waals surface area contributed by atoms with Gasteiger partial charge < -0.3 is 15.2 Å².